The van der Waals surface area contributed by atoms with Crippen LogP contribution in [-0.2, 0) is 0 Å². The zero-order valence-corrected chi connectivity index (χ0v) is 15.3. The maximum atomic E-state index is 4.62. The van der Waals surface area contributed by atoms with Crippen LogP contribution in [0, 0.1) is 6.92 Å². The summed E-state index contributed by atoms with van der Waals surface area (Å²) in [5.74, 6) is 0.836. The fraction of sp³-hybridized carbons (Fsp3) is 0.105. The van der Waals surface area contributed by atoms with Crippen molar-refractivity contribution in [1.29, 1.82) is 0 Å². The second kappa shape index (κ2) is 7.20. The molecule has 0 aliphatic rings. The standard InChI is InChI=1S/C19H17BrN2S/c1-3-12-23-19-21-13-18(15-6-8-16(20)9-7-15)22(19)17-10-4-14(2)5-11-17/h3-11,13H,1,12H2,2H3. The Hall–Kier alpha value is -1.78. The molecule has 1 aromatic heterocycles. The molecule has 4 heteroatoms. The van der Waals surface area contributed by atoms with Gasteiger partial charge in [-0.15, -0.1) is 6.58 Å². The molecule has 1 heterocycles. The van der Waals surface area contributed by atoms with E-state index in [0.29, 0.717) is 0 Å². The van der Waals surface area contributed by atoms with E-state index in [4.69, 9.17) is 0 Å². The van der Waals surface area contributed by atoms with Crippen LogP contribution in [0.25, 0.3) is 16.9 Å². The maximum absolute atomic E-state index is 4.62. The smallest absolute Gasteiger partial charge is 0.173 e. The summed E-state index contributed by atoms with van der Waals surface area (Å²) in [4.78, 5) is 4.62. The number of imidazole rings is 1. The summed E-state index contributed by atoms with van der Waals surface area (Å²) in [5.41, 5.74) is 4.61. The van der Waals surface area contributed by atoms with Crippen molar-refractivity contribution in [3.8, 4) is 16.9 Å². The van der Waals surface area contributed by atoms with E-state index in [0.717, 1.165) is 32.3 Å². The van der Waals surface area contributed by atoms with Crippen molar-refractivity contribution in [3.05, 3.63) is 77.4 Å². The molecule has 0 radical (unpaired) electrons. The van der Waals surface area contributed by atoms with Gasteiger partial charge in [0, 0.05) is 21.5 Å². The molecule has 3 rings (SSSR count). The van der Waals surface area contributed by atoms with Crippen LogP contribution in [0.4, 0.5) is 0 Å². The van der Waals surface area contributed by atoms with Crippen molar-refractivity contribution >= 4 is 27.7 Å². The largest absolute Gasteiger partial charge is 0.287 e. The highest BCUT2D eigenvalue weighted by atomic mass is 79.9. The van der Waals surface area contributed by atoms with Crippen molar-refractivity contribution in [1.82, 2.24) is 9.55 Å². The van der Waals surface area contributed by atoms with Crippen LogP contribution in [0.3, 0.4) is 0 Å². The molecule has 0 spiro atoms. The summed E-state index contributed by atoms with van der Waals surface area (Å²) in [5, 5.41) is 0.978. The molecule has 0 bridgehead atoms. The zero-order chi connectivity index (χ0) is 16.2. The van der Waals surface area contributed by atoms with Crippen molar-refractivity contribution < 1.29 is 0 Å². The Labute approximate surface area is 149 Å². The number of benzene rings is 2. The van der Waals surface area contributed by atoms with E-state index < -0.39 is 0 Å². The van der Waals surface area contributed by atoms with Crippen LogP contribution in [0.1, 0.15) is 5.56 Å². The third-order valence-corrected chi connectivity index (χ3v) is 4.97. The molecule has 0 N–H and O–H groups in total. The number of nitrogens with zero attached hydrogens (tertiary/aromatic N) is 2. The lowest BCUT2D eigenvalue weighted by atomic mass is 10.1. The Balaban J connectivity index is 2.12. The highest BCUT2D eigenvalue weighted by Gasteiger charge is 2.13. The first-order valence-corrected chi connectivity index (χ1v) is 9.11. The second-order valence-electron chi connectivity index (χ2n) is 5.20. The van der Waals surface area contributed by atoms with E-state index >= 15 is 0 Å². The Morgan fingerprint density at radius 2 is 1.83 bits per heavy atom. The van der Waals surface area contributed by atoms with Gasteiger partial charge in [0.15, 0.2) is 5.16 Å². The van der Waals surface area contributed by atoms with Crippen molar-refractivity contribution in [2.24, 2.45) is 0 Å². The summed E-state index contributed by atoms with van der Waals surface area (Å²) in [6, 6.07) is 16.8. The van der Waals surface area contributed by atoms with Crippen LogP contribution in [-0.4, -0.2) is 15.3 Å². The van der Waals surface area contributed by atoms with Gasteiger partial charge in [0.2, 0.25) is 0 Å². The molecule has 2 nitrogen and oxygen atoms in total. The summed E-state index contributed by atoms with van der Waals surface area (Å²) >= 11 is 5.18. The highest BCUT2D eigenvalue weighted by molar-refractivity contribution is 9.10. The van der Waals surface area contributed by atoms with Gasteiger partial charge in [-0.25, -0.2) is 4.98 Å². The SMILES string of the molecule is C=CCSc1ncc(-c2ccc(Br)cc2)n1-c1ccc(C)cc1. The van der Waals surface area contributed by atoms with Crippen LogP contribution >= 0.6 is 27.7 Å². The molecule has 0 aliphatic heterocycles. The topological polar surface area (TPSA) is 17.8 Å². The normalized spacial score (nSPS) is 10.7. The molecule has 0 amide bonds. The van der Waals surface area contributed by atoms with Gasteiger partial charge in [-0.2, -0.15) is 0 Å². The second-order valence-corrected chi connectivity index (χ2v) is 7.11. The lowest BCUT2D eigenvalue weighted by Crippen LogP contribution is -1.99. The van der Waals surface area contributed by atoms with Crippen molar-refractivity contribution in [3.63, 3.8) is 0 Å². The number of thioether (sulfide) groups is 1. The van der Waals surface area contributed by atoms with Gasteiger partial charge < -0.3 is 0 Å². The van der Waals surface area contributed by atoms with Crippen LogP contribution in [0.15, 0.2) is 77.0 Å². The molecule has 0 atom stereocenters. The molecule has 2 aromatic carbocycles. The Bertz CT molecular complexity index is 804. The number of hydrogen-bond donors (Lipinski definition) is 0. The number of hydrogen-bond acceptors (Lipinski definition) is 2. The molecular formula is C19H17BrN2S. The average molecular weight is 385 g/mol. The predicted molar refractivity (Wildman–Crippen MR) is 102 cm³/mol. The summed E-state index contributed by atoms with van der Waals surface area (Å²) < 4.78 is 3.28. The number of rotatable bonds is 5. The van der Waals surface area contributed by atoms with E-state index in [-0.39, 0.29) is 0 Å². The monoisotopic (exact) mass is 384 g/mol. The van der Waals surface area contributed by atoms with Crippen LogP contribution < -0.4 is 0 Å². The van der Waals surface area contributed by atoms with Gasteiger partial charge >= 0.3 is 0 Å². The molecular weight excluding hydrogens is 368 g/mol. The zero-order valence-electron chi connectivity index (χ0n) is 12.9. The minimum Gasteiger partial charge on any atom is -0.287 e. The van der Waals surface area contributed by atoms with Crippen LogP contribution in [0.2, 0.25) is 0 Å². The molecule has 0 saturated heterocycles. The highest BCUT2D eigenvalue weighted by Crippen LogP contribution is 2.30. The molecule has 0 unspecified atom stereocenters. The molecule has 116 valence electrons. The Morgan fingerprint density at radius 1 is 1.13 bits per heavy atom. The van der Waals surface area contributed by atoms with Gasteiger partial charge in [0.1, 0.15) is 0 Å². The van der Waals surface area contributed by atoms with Crippen molar-refractivity contribution in [2.75, 3.05) is 5.75 Å². The summed E-state index contributed by atoms with van der Waals surface area (Å²) in [6.45, 7) is 5.90. The fourth-order valence-electron chi connectivity index (χ4n) is 2.34. The molecule has 3 aromatic rings. The summed E-state index contributed by atoms with van der Waals surface area (Å²) in [6.07, 6.45) is 3.84. The van der Waals surface area contributed by atoms with Crippen LogP contribution in [0.5, 0.6) is 0 Å². The number of aromatic nitrogens is 2. The third-order valence-electron chi connectivity index (χ3n) is 3.49. The minimum absolute atomic E-state index is 0.836. The third kappa shape index (κ3) is 3.59. The number of aryl methyl sites for hydroxylation is 1. The van der Waals surface area contributed by atoms with E-state index in [1.165, 1.54) is 5.56 Å². The first-order valence-electron chi connectivity index (χ1n) is 7.33. The van der Waals surface area contributed by atoms with Gasteiger partial charge in [0.05, 0.1) is 11.9 Å². The summed E-state index contributed by atoms with van der Waals surface area (Å²) in [7, 11) is 0. The lowest BCUT2D eigenvalue weighted by molar-refractivity contribution is 0.901. The maximum Gasteiger partial charge on any atom is 0.173 e. The Morgan fingerprint density at radius 3 is 2.48 bits per heavy atom. The fourth-order valence-corrected chi connectivity index (χ4v) is 3.33. The van der Waals surface area contributed by atoms with Crippen molar-refractivity contribution in [2.45, 2.75) is 12.1 Å². The van der Waals surface area contributed by atoms with E-state index in [1.54, 1.807) is 11.8 Å². The molecule has 0 aliphatic carbocycles. The first-order chi connectivity index (χ1) is 11.2. The van der Waals surface area contributed by atoms with Gasteiger partial charge in [0.25, 0.3) is 0 Å². The first kappa shape index (κ1) is 16.1. The lowest BCUT2D eigenvalue weighted by Gasteiger charge is -2.12. The van der Waals surface area contributed by atoms with E-state index in [1.807, 2.05) is 12.3 Å². The van der Waals surface area contributed by atoms with Gasteiger partial charge in [-0.3, -0.25) is 4.57 Å². The van der Waals surface area contributed by atoms with E-state index in [2.05, 4.69) is 87.5 Å². The quantitative estimate of drug-likeness (QED) is 0.403. The molecule has 0 fully saturated rings. The minimum atomic E-state index is 0.836. The van der Waals surface area contributed by atoms with E-state index in [9.17, 15) is 0 Å². The molecule has 0 saturated carbocycles. The average Bonchev–Trinajstić information content (AvgIpc) is 2.98. The van der Waals surface area contributed by atoms with Gasteiger partial charge in [-0.1, -0.05) is 63.6 Å². The number of halogens is 1. The Kier molecular flexibility index (Phi) is 5.03. The van der Waals surface area contributed by atoms with Gasteiger partial charge in [-0.05, 0) is 31.2 Å². The predicted octanol–water partition coefficient (Wildman–Crippen LogP) is 5.89. The molecule has 23 heavy (non-hydrogen) atoms.